The predicted octanol–water partition coefficient (Wildman–Crippen LogP) is 4.26. The van der Waals surface area contributed by atoms with Crippen molar-refractivity contribution in [2.75, 3.05) is 33.3 Å². The minimum atomic E-state index is -0.604. The van der Waals surface area contributed by atoms with Gasteiger partial charge in [-0.05, 0) is 50.5 Å². The van der Waals surface area contributed by atoms with E-state index in [9.17, 15) is 19.2 Å². The van der Waals surface area contributed by atoms with Crippen molar-refractivity contribution in [3.8, 4) is 0 Å². The Morgan fingerprint density at radius 2 is 1.44 bits per heavy atom. The molecule has 3 rings (SSSR count). The van der Waals surface area contributed by atoms with Gasteiger partial charge in [-0.15, -0.1) is 0 Å². The number of hydrogen-bond donors (Lipinski definition) is 1. The summed E-state index contributed by atoms with van der Waals surface area (Å²) in [6, 6.07) is 9.20. The number of likely N-dealkylation sites (tertiary alicyclic amines) is 2. The van der Waals surface area contributed by atoms with Gasteiger partial charge in [0.1, 0.15) is 6.04 Å². The highest BCUT2D eigenvalue weighted by molar-refractivity contribution is 5.88. The van der Waals surface area contributed by atoms with Crippen LogP contribution < -0.4 is 5.32 Å². The van der Waals surface area contributed by atoms with E-state index in [2.05, 4.69) is 10.1 Å². The van der Waals surface area contributed by atoms with E-state index in [1.807, 2.05) is 40.1 Å². The number of hydrogen-bond acceptors (Lipinski definition) is 5. The molecule has 39 heavy (non-hydrogen) atoms. The maximum atomic E-state index is 13.5. The van der Waals surface area contributed by atoms with E-state index < -0.39 is 6.04 Å². The lowest BCUT2D eigenvalue weighted by Crippen LogP contribution is -2.53. The molecular formula is C31H47N3O5. The van der Waals surface area contributed by atoms with Crippen LogP contribution in [0.1, 0.15) is 89.0 Å². The average Bonchev–Trinajstić information content (AvgIpc) is 2.98. The Labute approximate surface area is 233 Å². The fourth-order valence-electron chi connectivity index (χ4n) is 5.62. The molecule has 2 aliphatic rings. The number of carbonyl (C=O) groups excluding carboxylic acids is 4. The molecule has 8 heteroatoms. The largest absolute Gasteiger partial charge is 0.469 e. The number of nitrogens with zero attached hydrogens (tertiary/aromatic N) is 2. The molecule has 1 aromatic rings. The normalized spacial score (nSPS) is 16.9. The summed E-state index contributed by atoms with van der Waals surface area (Å²) >= 11 is 0. The number of amides is 3. The highest BCUT2D eigenvalue weighted by Gasteiger charge is 2.33. The monoisotopic (exact) mass is 541 g/mol. The second kappa shape index (κ2) is 16.9. The molecule has 216 valence electrons. The van der Waals surface area contributed by atoms with Crippen molar-refractivity contribution < 1.29 is 23.9 Å². The van der Waals surface area contributed by atoms with Crippen molar-refractivity contribution in [2.24, 2.45) is 5.92 Å². The van der Waals surface area contributed by atoms with Crippen LogP contribution in [0.3, 0.4) is 0 Å². The van der Waals surface area contributed by atoms with E-state index in [-0.39, 0.29) is 29.6 Å². The van der Waals surface area contributed by atoms with Crippen LogP contribution in [0.4, 0.5) is 0 Å². The fraction of sp³-hybridized carbons (Fsp3) is 0.677. The van der Waals surface area contributed by atoms with E-state index in [1.165, 1.54) is 13.5 Å². The van der Waals surface area contributed by atoms with Gasteiger partial charge in [-0.25, -0.2) is 0 Å². The first-order valence-corrected chi connectivity index (χ1v) is 15.0. The number of nitrogens with one attached hydrogen (secondary N) is 1. The Hall–Kier alpha value is -2.90. The highest BCUT2D eigenvalue weighted by atomic mass is 16.5. The Kier molecular flexibility index (Phi) is 13.3. The molecule has 8 nitrogen and oxygen atoms in total. The van der Waals surface area contributed by atoms with Gasteiger partial charge in [-0.3, -0.25) is 19.2 Å². The summed E-state index contributed by atoms with van der Waals surface area (Å²) in [4.78, 5) is 54.3. The molecular weight excluding hydrogens is 494 g/mol. The lowest BCUT2D eigenvalue weighted by Gasteiger charge is -2.37. The van der Waals surface area contributed by atoms with Crippen LogP contribution >= 0.6 is 0 Å². The SMILES string of the molecule is COC(=O)CCCCCCCCC(=O)N[C@H](Cc1ccccc1)C(=O)N1CCC(C(=O)N2CCCCC2)CC1. The summed E-state index contributed by atoms with van der Waals surface area (Å²) in [5, 5.41) is 3.02. The van der Waals surface area contributed by atoms with Crippen molar-refractivity contribution in [2.45, 2.75) is 95.9 Å². The maximum Gasteiger partial charge on any atom is 0.305 e. The van der Waals surface area contributed by atoms with Gasteiger partial charge in [0.25, 0.3) is 0 Å². The van der Waals surface area contributed by atoms with E-state index in [1.54, 1.807) is 0 Å². The van der Waals surface area contributed by atoms with Gasteiger partial charge in [-0.2, -0.15) is 0 Å². The van der Waals surface area contributed by atoms with Gasteiger partial charge in [0, 0.05) is 51.4 Å². The van der Waals surface area contributed by atoms with Crippen molar-refractivity contribution in [1.82, 2.24) is 15.1 Å². The van der Waals surface area contributed by atoms with Crippen LogP contribution in [0.5, 0.6) is 0 Å². The maximum absolute atomic E-state index is 13.5. The molecule has 1 atom stereocenters. The van der Waals surface area contributed by atoms with Gasteiger partial charge in [0.2, 0.25) is 17.7 Å². The minimum Gasteiger partial charge on any atom is -0.469 e. The molecule has 0 unspecified atom stereocenters. The summed E-state index contributed by atoms with van der Waals surface area (Å²) in [5.74, 6) is -0.0671. The third kappa shape index (κ3) is 10.6. The van der Waals surface area contributed by atoms with Gasteiger partial charge >= 0.3 is 5.97 Å². The zero-order valence-electron chi connectivity index (χ0n) is 23.7. The topological polar surface area (TPSA) is 96.0 Å². The van der Waals surface area contributed by atoms with Gasteiger partial charge in [0.05, 0.1) is 7.11 Å². The molecule has 0 aliphatic carbocycles. The lowest BCUT2D eigenvalue weighted by molar-refractivity contribution is -0.142. The number of benzene rings is 1. The summed E-state index contributed by atoms with van der Waals surface area (Å²) < 4.78 is 4.66. The summed E-state index contributed by atoms with van der Waals surface area (Å²) in [6.45, 7) is 2.83. The third-order valence-electron chi connectivity index (χ3n) is 8.00. The van der Waals surface area contributed by atoms with Crippen molar-refractivity contribution in [3.63, 3.8) is 0 Å². The first-order chi connectivity index (χ1) is 19.0. The van der Waals surface area contributed by atoms with E-state index in [0.717, 1.165) is 70.0 Å². The molecule has 2 saturated heterocycles. The highest BCUT2D eigenvalue weighted by Crippen LogP contribution is 2.23. The molecule has 1 N–H and O–H groups in total. The van der Waals surface area contributed by atoms with Crippen LogP contribution in [0.25, 0.3) is 0 Å². The summed E-state index contributed by atoms with van der Waals surface area (Å²) in [7, 11) is 1.41. The molecule has 0 spiro atoms. The number of rotatable bonds is 14. The van der Waals surface area contributed by atoms with Crippen molar-refractivity contribution in [1.29, 1.82) is 0 Å². The first-order valence-electron chi connectivity index (χ1n) is 15.0. The number of methoxy groups -OCH3 is 1. The summed E-state index contributed by atoms with van der Waals surface area (Å²) in [5.41, 5.74) is 1.01. The number of carbonyl (C=O) groups is 4. The van der Waals surface area contributed by atoms with E-state index >= 15 is 0 Å². The second-order valence-electron chi connectivity index (χ2n) is 11.0. The minimum absolute atomic E-state index is 0.00483. The van der Waals surface area contributed by atoms with Crippen LogP contribution in [-0.2, 0) is 30.3 Å². The van der Waals surface area contributed by atoms with E-state index in [0.29, 0.717) is 45.2 Å². The van der Waals surface area contributed by atoms with Crippen molar-refractivity contribution >= 4 is 23.7 Å². The lowest BCUT2D eigenvalue weighted by atomic mass is 9.93. The Bertz CT molecular complexity index is 908. The first kappa shape index (κ1) is 30.6. The number of esters is 1. The number of piperidine rings is 2. The van der Waals surface area contributed by atoms with Crippen LogP contribution in [0.2, 0.25) is 0 Å². The number of unbranched alkanes of at least 4 members (excludes halogenated alkanes) is 5. The second-order valence-corrected chi connectivity index (χ2v) is 11.0. The van der Waals surface area contributed by atoms with Crippen LogP contribution in [0, 0.1) is 5.92 Å². The molecule has 2 heterocycles. The molecule has 2 aliphatic heterocycles. The smallest absolute Gasteiger partial charge is 0.305 e. The molecule has 0 aromatic heterocycles. The fourth-order valence-corrected chi connectivity index (χ4v) is 5.62. The van der Waals surface area contributed by atoms with Crippen LogP contribution in [-0.4, -0.2) is 72.8 Å². The Morgan fingerprint density at radius 1 is 0.821 bits per heavy atom. The third-order valence-corrected chi connectivity index (χ3v) is 8.00. The zero-order valence-corrected chi connectivity index (χ0v) is 23.7. The quantitative estimate of drug-likeness (QED) is 0.281. The standard InChI is InChI=1S/C31H47N3O5/c1-39-29(36)17-11-5-3-2-4-10-16-28(35)32-27(24-25-14-8-6-9-15-25)31(38)34-22-18-26(19-23-34)30(37)33-20-12-7-13-21-33/h6,8-9,14-15,26-27H,2-5,7,10-13,16-24H2,1H3,(H,32,35)/t27-/m1/s1. The molecule has 1 aromatic carbocycles. The molecule has 0 bridgehead atoms. The van der Waals surface area contributed by atoms with Gasteiger partial charge in [0.15, 0.2) is 0 Å². The summed E-state index contributed by atoms with van der Waals surface area (Å²) in [6.07, 6.45) is 11.6. The molecule has 0 saturated carbocycles. The van der Waals surface area contributed by atoms with Crippen LogP contribution in [0.15, 0.2) is 30.3 Å². The molecule has 0 radical (unpaired) electrons. The Morgan fingerprint density at radius 3 is 2.08 bits per heavy atom. The molecule has 2 fully saturated rings. The zero-order chi connectivity index (χ0) is 27.9. The van der Waals surface area contributed by atoms with E-state index in [4.69, 9.17) is 0 Å². The van der Waals surface area contributed by atoms with Gasteiger partial charge in [-0.1, -0.05) is 56.0 Å². The predicted molar refractivity (Wildman–Crippen MR) is 151 cm³/mol. The number of ether oxygens (including phenoxy) is 1. The molecule has 3 amide bonds. The Balaban J connectivity index is 1.44. The van der Waals surface area contributed by atoms with Gasteiger partial charge < -0.3 is 19.9 Å². The average molecular weight is 542 g/mol. The van der Waals surface area contributed by atoms with Crippen molar-refractivity contribution in [3.05, 3.63) is 35.9 Å².